The van der Waals surface area contributed by atoms with Gasteiger partial charge in [0.2, 0.25) is 0 Å². The Morgan fingerprint density at radius 3 is 2.58 bits per heavy atom. The summed E-state index contributed by atoms with van der Waals surface area (Å²) in [6.45, 7) is 6.45. The van der Waals surface area contributed by atoms with Gasteiger partial charge in [-0.15, -0.1) is 0 Å². The van der Waals surface area contributed by atoms with Gasteiger partial charge < -0.3 is 25.7 Å². The molecule has 1 aliphatic carbocycles. The molecule has 4 rings (SSSR count). The number of alkyl carbamates (subject to hydrolysis) is 1. The lowest BCUT2D eigenvalue weighted by atomic mass is 10.0. The Hall–Kier alpha value is -3.09. The molecule has 1 heterocycles. The van der Waals surface area contributed by atoms with E-state index in [1.54, 1.807) is 12.1 Å². The van der Waals surface area contributed by atoms with E-state index in [1.807, 2.05) is 32.9 Å². The maximum atomic E-state index is 13.2. The van der Waals surface area contributed by atoms with Gasteiger partial charge in [0.25, 0.3) is 0 Å². The summed E-state index contributed by atoms with van der Waals surface area (Å²) < 4.78 is 18.7. The molecule has 2 aromatic rings. The summed E-state index contributed by atoms with van der Waals surface area (Å²) in [6.07, 6.45) is 5.35. The second-order valence-corrected chi connectivity index (χ2v) is 10.0. The van der Waals surface area contributed by atoms with Crippen molar-refractivity contribution in [2.24, 2.45) is 5.92 Å². The number of carbonyl (C=O) groups is 1. The van der Waals surface area contributed by atoms with Crippen molar-refractivity contribution in [3.05, 3.63) is 53.8 Å². The molecule has 0 bridgehead atoms. The maximum absolute atomic E-state index is 13.2. The van der Waals surface area contributed by atoms with Crippen LogP contribution < -0.4 is 15.5 Å². The minimum Gasteiger partial charge on any atom is -0.444 e. The highest BCUT2D eigenvalue weighted by Crippen LogP contribution is 2.39. The molecule has 1 aliphatic heterocycles. The molecular formula is C26H35FN4O2. The fourth-order valence-electron chi connectivity index (χ4n) is 4.44. The lowest BCUT2D eigenvalue weighted by Gasteiger charge is -2.31. The smallest absolute Gasteiger partial charge is 0.407 e. The predicted octanol–water partition coefficient (Wildman–Crippen LogP) is 6.09. The van der Waals surface area contributed by atoms with Crippen LogP contribution in [-0.4, -0.2) is 36.5 Å². The lowest BCUT2D eigenvalue weighted by Crippen LogP contribution is -2.47. The van der Waals surface area contributed by atoms with E-state index in [4.69, 9.17) is 10.1 Å². The average molecular weight is 455 g/mol. The molecule has 0 aromatic heterocycles. The standard InChI is InChI=1S/C26H33FN4O2.H2/c1-26(2,3)33-25(32)30-23-12-13-31(24(23)14-17-4-5-17)21-10-11-22(18(15-21)16-28)29-20-8-6-19(27)7-9-20;/h6-11,15-17,23-24,28-29H,4-5,12-14H2,1-3H3,(H,30,32);1H/t23-,24-;/m1./s1. The first-order valence-electron chi connectivity index (χ1n) is 11.6. The van der Waals surface area contributed by atoms with Crippen molar-refractivity contribution in [2.75, 3.05) is 16.8 Å². The van der Waals surface area contributed by atoms with Crippen LogP contribution in [-0.2, 0) is 4.74 Å². The van der Waals surface area contributed by atoms with Crippen molar-refractivity contribution in [3.8, 4) is 0 Å². The zero-order chi connectivity index (χ0) is 23.6. The van der Waals surface area contributed by atoms with E-state index in [-0.39, 0.29) is 25.4 Å². The summed E-state index contributed by atoms with van der Waals surface area (Å²) in [6, 6.07) is 12.4. The van der Waals surface area contributed by atoms with Gasteiger partial charge in [0, 0.05) is 42.9 Å². The molecule has 1 saturated carbocycles. The van der Waals surface area contributed by atoms with Crippen LogP contribution in [0.4, 0.5) is 26.2 Å². The van der Waals surface area contributed by atoms with Gasteiger partial charge in [-0.1, -0.05) is 12.8 Å². The Kier molecular flexibility index (Phi) is 6.58. The number of ether oxygens (including phenoxy) is 1. The van der Waals surface area contributed by atoms with Crippen LogP contribution in [0.3, 0.4) is 0 Å². The zero-order valence-corrected chi connectivity index (χ0v) is 19.5. The Morgan fingerprint density at radius 1 is 1.21 bits per heavy atom. The summed E-state index contributed by atoms with van der Waals surface area (Å²) in [7, 11) is 0. The number of anilines is 3. The summed E-state index contributed by atoms with van der Waals surface area (Å²) in [4.78, 5) is 14.8. The van der Waals surface area contributed by atoms with Gasteiger partial charge in [0.05, 0.1) is 6.04 Å². The highest BCUT2D eigenvalue weighted by atomic mass is 19.1. The van der Waals surface area contributed by atoms with E-state index in [0.717, 1.165) is 42.0 Å². The Labute approximate surface area is 196 Å². The third kappa shape index (κ3) is 6.03. The summed E-state index contributed by atoms with van der Waals surface area (Å²) in [5.74, 6) is 0.425. The number of benzene rings is 2. The third-order valence-electron chi connectivity index (χ3n) is 6.17. The minimum absolute atomic E-state index is 0. The van der Waals surface area contributed by atoms with Gasteiger partial charge in [-0.05, 0) is 82.0 Å². The molecule has 2 aromatic carbocycles. The highest BCUT2D eigenvalue weighted by Gasteiger charge is 2.39. The third-order valence-corrected chi connectivity index (χ3v) is 6.17. The molecule has 0 unspecified atom stereocenters. The van der Waals surface area contributed by atoms with E-state index in [1.165, 1.54) is 31.2 Å². The molecule has 7 heteroatoms. The molecule has 178 valence electrons. The fraction of sp³-hybridized carbons (Fsp3) is 0.462. The number of amides is 1. The van der Waals surface area contributed by atoms with Crippen molar-refractivity contribution >= 4 is 29.4 Å². The first kappa shape index (κ1) is 23.1. The number of rotatable bonds is 7. The fourth-order valence-corrected chi connectivity index (χ4v) is 4.44. The van der Waals surface area contributed by atoms with Gasteiger partial charge in [-0.25, -0.2) is 9.18 Å². The molecule has 1 saturated heterocycles. The number of halogens is 1. The maximum Gasteiger partial charge on any atom is 0.407 e. The molecule has 2 atom stereocenters. The second kappa shape index (κ2) is 9.41. The van der Waals surface area contributed by atoms with Crippen molar-refractivity contribution in [1.82, 2.24) is 5.32 Å². The molecule has 2 fully saturated rings. The minimum atomic E-state index is -0.527. The number of carbonyl (C=O) groups excluding carboxylic acids is 1. The summed E-state index contributed by atoms with van der Waals surface area (Å²) in [5, 5.41) is 14.3. The lowest BCUT2D eigenvalue weighted by molar-refractivity contribution is 0.0500. The molecule has 6 nitrogen and oxygen atoms in total. The van der Waals surface area contributed by atoms with Crippen molar-refractivity contribution < 1.29 is 15.3 Å². The first-order chi connectivity index (χ1) is 15.7. The highest BCUT2D eigenvalue weighted by molar-refractivity contribution is 5.89. The van der Waals surface area contributed by atoms with Crippen LogP contribution in [0.25, 0.3) is 0 Å². The normalized spacial score (nSPS) is 20.4. The molecule has 1 amide bonds. The summed E-state index contributed by atoms with van der Waals surface area (Å²) >= 11 is 0. The Bertz CT molecular complexity index is 1000. The van der Waals surface area contributed by atoms with E-state index in [0.29, 0.717) is 5.92 Å². The van der Waals surface area contributed by atoms with Gasteiger partial charge in [0.1, 0.15) is 11.4 Å². The average Bonchev–Trinajstić information content (AvgIpc) is 3.49. The van der Waals surface area contributed by atoms with Crippen LogP contribution in [0.15, 0.2) is 42.5 Å². The van der Waals surface area contributed by atoms with E-state index in [2.05, 4.69) is 21.6 Å². The van der Waals surface area contributed by atoms with Crippen molar-refractivity contribution in [3.63, 3.8) is 0 Å². The first-order valence-corrected chi connectivity index (χ1v) is 11.6. The zero-order valence-electron chi connectivity index (χ0n) is 19.5. The van der Waals surface area contributed by atoms with E-state index < -0.39 is 5.60 Å². The monoisotopic (exact) mass is 454 g/mol. The van der Waals surface area contributed by atoms with Crippen LogP contribution in [0.5, 0.6) is 0 Å². The molecule has 2 aliphatic rings. The summed E-state index contributed by atoms with van der Waals surface area (Å²) in [5.41, 5.74) is 2.83. The topological polar surface area (TPSA) is 77.5 Å². The van der Waals surface area contributed by atoms with Crippen molar-refractivity contribution in [1.29, 1.82) is 5.41 Å². The van der Waals surface area contributed by atoms with Gasteiger partial charge in [-0.3, -0.25) is 0 Å². The number of nitrogens with zero attached hydrogens (tertiary/aromatic N) is 1. The van der Waals surface area contributed by atoms with Crippen LogP contribution in [0.1, 0.15) is 53.4 Å². The number of hydrogen-bond acceptors (Lipinski definition) is 5. The molecular weight excluding hydrogens is 419 g/mol. The van der Waals surface area contributed by atoms with Crippen LogP contribution in [0, 0.1) is 17.1 Å². The van der Waals surface area contributed by atoms with Crippen LogP contribution in [0.2, 0.25) is 0 Å². The van der Waals surface area contributed by atoms with E-state index in [9.17, 15) is 9.18 Å². The number of nitrogens with one attached hydrogen (secondary N) is 3. The van der Waals surface area contributed by atoms with Gasteiger partial charge in [-0.2, -0.15) is 0 Å². The molecule has 3 N–H and O–H groups in total. The van der Waals surface area contributed by atoms with Crippen molar-refractivity contribution in [2.45, 2.75) is 64.1 Å². The molecule has 0 radical (unpaired) electrons. The largest absolute Gasteiger partial charge is 0.444 e. The quantitative estimate of drug-likeness (QED) is 0.443. The molecule has 33 heavy (non-hydrogen) atoms. The Balaban J connectivity index is 0.00000324. The van der Waals surface area contributed by atoms with Crippen LogP contribution >= 0.6 is 0 Å². The van der Waals surface area contributed by atoms with Gasteiger partial charge in [0.15, 0.2) is 0 Å². The number of hydrogen-bond donors (Lipinski definition) is 3. The SMILES string of the molecule is CC(C)(C)OC(=O)N[C@@H]1CCN(c2ccc(Nc3ccc(F)cc3)c(C=N)c2)[C@@H]1CC1CC1.[HH]. The van der Waals surface area contributed by atoms with Gasteiger partial charge >= 0.3 is 6.09 Å². The molecule has 0 spiro atoms. The predicted molar refractivity (Wildman–Crippen MR) is 132 cm³/mol. The second-order valence-electron chi connectivity index (χ2n) is 10.0. The Morgan fingerprint density at radius 2 is 1.94 bits per heavy atom. The van der Waals surface area contributed by atoms with E-state index >= 15 is 0 Å².